The van der Waals surface area contributed by atoms with Crippen molar-refractivity contribution in [2.75, 3.05) is 26.5 Å². The lowest BCUT2D eigenvalue weighted by atomic mass is 10.1. The van der Waals surface area contributed by atoms with Crippen molar-refractivity contribution in [3.05, 3.63) is 29.8 Å². The molecule has 0 fully saturated rings. The van der Waals surface area contributed by atoms with Crippen molar-refractivity contribution in [3.63, 3.8) is 0 Å². The summed E-state index contributed by atoms with van der Waals surface area (Å²) >= 11 is 1.70. The van der Waals surface area contributed by atoms with Gasteiger partial charge in [-0.1, -0.05) is 12.1 Å². The molecule has 1 rings (SSSR count). The quantitative estimate of drug-likeness (QED) is 0.597. The Morgan fingerprint density at radius 2 is 2.06 bits per heavy atom. The SMILES string of the molecule is COCCCNC(=O)Cc1ccc(SC)cc1. The van der Waals surface area contributed by atoms with Gasteiger partial charge in [0.1, 0.15) is 0 Å². The standard InChI is InChI=1S/C13H19NO2S/c1-16-9-3-8-14-13(15)10-11-4-6-12(17-2)7-5-11/h4-7H,3,8-10H2,1-2H3,(H,14,15). The van der Waals surface area contributed by atoms with Gasteiger partial charge in [-0.3, -0.25) is 4.79 Å². The number of rotatable bonds is 7. The number of benzene rings is 1. The first kappa shape index (κ1) is 14.1. The average Bonchev–Trinajstić information content (AvgIpc) is 2.36. The Morgan fingerprint density at radius 3 is 2.65 bits per heavy atom. The predicted molar refractivity (Wildman–Crippen MR) is 71.4 cm³/mol. The topological polar surface area (TPSA) is 38.3 Å². The summed E-state index contributed by atoms with van der Waals surface area (Å²) in [7, 11) is 1.66. The second-order valence-electron chi connectivity index (χ2n) is 3.72. The summed E-state index contributed by atoms with van der Waals surface area (Å²) in [5.41, 5.74) is 1.05. The van der Waals surface area contributed by atoms with Gasteiger partial charge in [0.25, 0.3) is 0 Å². The number of hydrogen-bond acceptors (Lipinski definition) is 3. The molecule has 1 N–H and O–H groups in total. The van der Waals surface area contributed by atoms with Gasteiger partial charge in [-0.2, -0.15) is 0 Å². The van der Waals surface area contributed by atoms with E-state index in [0.717, 1.165) is 12.0 Å². The lowest BCUT2D eigenvalue weighted by Crippen LogP contribution is -2.26. The van der Waals surface area contributed by atoms with Gasteiger partial charge in [0, 0.05) is 25.2 Å². The summed E-state index contributed by atoms with van der Waals surface area (Å²) in [5, 5.41) is 2.87. The third-order valence-corrected chi connectivity index (χ3v) is 3.11. The van der Waals surface area contributed by atoms with Crippen LogP contribution in [0.5, 0.6) is 0 Å². The summed E-state index contributed by atoms with van der Waals surface area (Å²) in [4.78, 5) is 12.8. The molecule has 1 aromatic rings. The predicted octanol–water partition coefficient (Wildman–Crippen LogP) is 2.10. The lowest BCUT2D eigenvalue weighted by molar-refractivity contribution is -0.120. The Kier molecular flexibility index (Phi) is 6.74. The van der Waals surface area contributed by atoms with Crippen LogP contribution in [-0.2, 0) is 16.0 Å². The minimum atomic E-state index is 0.0676. The molecule has 0 atom stereocenters. The van der Waals surface area contributed by atoms with Crippen molar-refractivity contribution in [1.29, 1.82) is 0 Å². The van der Waals surface area contributed by atoms with Crippen molar-refractivity contribution < 1.29 is 9.53 Å². The molecule has 0 aliphatic carbocycles. The van der Waals surface area contributed by atoms with Crippen molar-refractivity contribution in [3.8, 4) is 0 Å². The normalized spacial score (nSPS) is 10.2. The van der Waals surface area contributed by atoms with Crippen molar-refractivity contribution >= 4 is 17.7 Å². The molecule has 17 heavy (non-hydrogen) atoms. The van der Waals surface area contributed by atoms with Gasteiger partial charge in [0.2, 0.25) is 5.91 Å². The third-order valence-electron chi connectivity index (χ3n) is 2.37. The largest absolute Gasteiger partial charge is 0.385 e. The summed E-state index contributed by atoms with van der Waals surface area (Å²) in [5.74, 6) is 0.0676. The van der Waals surface area contributed by atoms with Crippen LogP contribution in [-0.4, -0.2) is 32.4 Å². The highest BCUT2D eigenvalue weighted by molar-refractivity contribution is 7.98. The zero-order valence-electron chi connectivity index (χ0n) is 10.4. The molecular formula is C13H19NO2S. The fourth-order valence-electron chi connectivity index (χ4n) is 1.44. The second kappa shape index (κ2) is 8.14. The summed E-state index contributed by atoms with van der Waals surface area (Å²) in [6.45, 7) is 1.36. The van der Waals surface area contributed by atoms with Crippen LogP contribution in [0.1, 0.15) is 12.0 Å². The third kappa shape index (κ3) is 5.75. The highest BCUT2D eigenvalue weighted by atomic mass is 32.2. The van der Waals surface area contributed by atoms with Gasteiger partial charge >= 0.3 is 0 Å². The van der Waals surface area contributed by atoms with Crippen molar-refractivity contribution in [2.45, 2.75) is 17.7 Å². The first-order valence-corrected chi connectivity index (χ1v) is 6.87. The van der Waals surface area contributed by atoms with Crippen LogP contribution in [0.2, 0.25) is 0 Å². The molecule has 0 bridgehead atoms. The lowest BCUT2D eigenvalue weighted by Gasteiger charge is -2.05. The van der Waals surface area contributed by atoms with Crippen LogP contribution in [0.3, 0.4) is 0 Å². The van der Waals surface area contributed by atoms with E-state index in [9.17, 15) is 4.79 Å². The summed E-state index contributed by atoms with van der Waals surface area (Å²) < 4.78 is 4.91. The van der Waals surface area contributed by atoms with Crippen LogP contribution in [0.15, 0.2) is 29.2 Å². The first-order chi connectivity index (χ1) is 8.26. The van der Waals surface area contributed by atoms with E-state index < -0.39 is 0 Å². The van der Waals surface area contributed by atoms with Crippen LogP contribution in [0, 0.1) is 0 Å². The molecule has 0 unspecified atom stereocenters. The maximum atomic E-state index is 11.6. The van der Waals surface area contributed by atoms with Gasteiger partial charge in [-0.15, -0.1) is 11.8 Å². The first-order valence-electron chi connectivity index (χ1n) is 5.65. The number of carbonyl (C=O) groups is 1. The number of carbonyl (C=O) groups excluding carboxylic acids is 1. The number of amides is 1. The molecule has 1 amide bonds. The van der Waals surface area contributed by atoms with Gasteiger partial charge < -0.3 is 10.1 Å². The van der Waals surface area contributed by atoms with E-state index in [0.29, 0.717) is 19.6 Å². The highest BCUT2D eigenvalue weighted by Crippen LogP contribution is 2.14. The van der Waals surface area contributed by atoms with Crippen LogP contribution in [0.4, 0.5) is 0 Å². The Labute approximate surface area is 107 Å². The molecule has 0 saturated heterocycles. The van der Waals surface area contributed by atoms with Crippen LogP contribution < -0.4 is 5.32 Å². The maximum absolute atomic E-state index is 11.6. The fourth-order valence-corrected chi connectivity index (χ4v) is 1.84. The van der Waals surface area contributed by atoms with Gasteiger partial charge in [0.15, 0.2) is 0 Å². The van der Waals surface area contributed by atoms with E-state index >= 15 is 0 Å². The van der Waals surface area contributed by atoms with E-state index in [-0.39, 0.29) is 5.91 Å². The molecule has 4 heteroatoms. The molecule has 0 aliphatic rings. The molecule has 0 saturated carbocycles. The average molecular weight is 253 g/mol. The Morgan fingerprint density at radius 1 is 1.35 bits per heavy atom. The van der Waals surface area contributed by atoms with E-state index in [1.165, 1.54) is 4.90 Å². The molecule has 0 heterocycles. The molecule has 3 nitrogen and oxygen atoms in total. The minimum Gasteiger partial charge on any atom is -0.385 e. The Hall–Kier alpha value is -1.00. The second-order valence-corrected chi connectivity index (χ2v) is 4.60. The molecule has 94 valence electrons. The smallest absolute Gasteiger partial charge is 0.224 e. The van der Waals surface area contributed by atoms with Gasteiger partial charge in [0.05, 0.1) is 6.42 Å². The Bertz CT molecular complexity index is 338. The summed E-state index contributed by atoms with van der Waals surface area (Å²) in [6.07, 6.45) is 3.34. The monoisotopic (exact) mass is 253 g/mol. The molecule has 0 radical (unpaired) electrons. The van der Waals surface area contributed by atoms with E-state index in [2.05, 4.69) is 5.32 Å². The molecule has 1 aromatic carbocycles. The molecule has 0 spiro atoms. The maximum Gasteiger partial charge on any atom is 0.224 e. The summed E-state index contributed by atoms with van der Waals surface area (Å²) in [6, 6.07) is 8.08. The fraction of sp³-hybridized carbons (Fsp3) is 0.462. The number of nitrogens with one attached hydrogen (secondary N) is 1. The molecular weight excluding hydrogens is 234 g/mol. The van der Waals surface area contributed by atoms with Crippen molar-refractivity contribution in [2.24, 2.45) is 0 Å². The number of methoxy groups -OCH3 is 1. The minimum absolute atomic E-state index is 0.0676. The Balaban J connectivity index is 2.29. The van der Waals surface area contributed by atoms with Crippen LogP contribution in [0.25, 0.3) is 0 Å². The molecule has 0 aliphatic heterocycles. The molecule has 0 aromatic heterocycles. The zero-order chi connectivity index (χ0) is 12.5. The van der Waals surface area contributed by atoms with Gasteiger partial charge in [-0.25, -0.2) is 0 Å². The van der Waals surface area contributed by atoms with Crippen LogP contribution >= 0.6 is 11.8 Å². The van der Waals surface area contributed by atoms with Gasteiger partial charge in [-0.05, 0) is 30.4 Å². The number of hydrogen-bond donors (Lipinski definition) is 1. The van der Waals surface area contributed by atoms with Crippen molar-refractivity contribution in [1.82, 2.24) is 5.32 Å². The van der Waals surface area contributed by atoms with E-state index in [4.69, 9.17) is 4.74 Å². The van der Waals surface area contributed by atoms with E-state index in [1.807, 2.05) is 30.5 Å². The van der Waals surface area contributed by atoms with E-state index in [1.54, 1.807) is 18.9 Å². The number of ether oxygens (including phenoxy) is 1. The highest BCUT2D eigenvalue weighted by Gasteiger charge is 2.02. The zero-order valence-corrected chi connectivity index (χ0v) is 11.2. The number of thioether (sulfide) groups is 1.